The number of thiazole rings is 1. The van der Waals surface area contributed by atoms with Gasteiger partial charge in [-0.1, -0.05) is 6.07 Å². The molecule has 3 heterocycles. The van der Waals surface area contributed by atoms with Crippen molar-refractivity contribution < 1.29 is 4.79 Å². The topological polar surface area (TPSA) is 42.0 Å². The lowest BCUT2D eigenvalue weighted by Crippen LogP contribution is -2.19. The summed E-state index contributed by atoms with van der Waals surface area (Å²) in [6, 6.07) is 8.05. The van der Waals surface area contributed by atoms with Crippen LogP contribution in [0.25, 0.3) is 16.6 Å². The Labute approximate surface area is 141 Å². The van der Waals surface area contributed by atoms with E-state index in [1.54, 1.807) is 40.1 Å². The van der Waals surface area contributed by atoms with Gasteiger partial charge in [-0.15, -0.1) is 34.0 Å². The Balaban J connectivity index is 1.55. The van der Waals surface area contributed by atoms with E-state index in [4.69, 9.17) is 0 Å². The fourth-order valence-corrected chi connectivity index (χ4v) is 4.08. The second kappa shape index (κ2) is 7.00. The zero-order chi connectivity index (χ0) is 15.4. The van der Waals surface area contributed by atoms with Gasteiger partial charge in [0.05, 0.1) is 22.1 Å². The number of carbonyl (C=O) groups is 1. The van der Waals surface area contributed by atoms with Crippen molar-refractivity contribution in [2.24, 2.45) is 0 Å². The number of rotatable bonds is 5. The molecule has 0 aliphatic heterocycles. The molecule has 22 heavy (non-hydrogen) atoms. The molecule has 0 atom stereocenters. The fraction of sp³-hybridized carbons (Fsp3) is 0.125. The van der Waals surface area contributed by atoms with Gasteiger partial charge in [-0.2, -0.15) is 0 Å². The van der Waals surface area contributed by atoms with Crippen LogP contribution >= 0.6 is 34.0 Å². The molecule has 1 N–H and O–H groups in total. The Morgan fingerprint density at radius 2 is 2.23 bits per heavy atom. The lowest BCUT2D eigenvalue weighted by Gasteiger charge is -1.98. The van der Waals surface area contributed by atoms with Gasteiger partial charge in [0.15, 0.2) is 0 Å². The van der Waals surface area contributed by atoms with Gasteiger partial charge in [-0.05, 0) is 36.6 Å². The van der Waals surface area contributed by atoms with Gasteiger partial charge in [0.2, 0.25) is 5.91 Å². The molecule has 0 unspecified atom stereocenters. The molecule has 0 aliphatic rings. The van der Waals surface area contributed by atoms with Crippen LogP contribution in [-0.4, -0.2) is 10.9 Å². The second-order valence-electron chi connectivity index (χ2n) is 4.58. The molecule has 3 nitrogen and oxygen atoms in total. The first-order chi connectivity index (χ1) is 10.7. The first-order valence-corrected chi connectivity index (χ1v) is 9.29. The monoisotopic (exact) mass is 346 g/mol. The predicted molar refractivity (Wildman–Crippen MR) is 95.4 cm³/mol. The van der Waals surface area contributed by atoms with Crippen molar-refractivity contribution >= 4 is 46.0 Å². The molecular formula is C16H14N2OS3. The van der Waals surface area contributed by atoms with Crippen LogP contribution < -0.4 is 5.32 Å². The number of aryl methyl sites for hydroxylation is 1. The fourth-order valence-electron chi connectivity index (χ4n) is 1.86. The number of hydrogen-bond donors (Lipinski definition) is 1. The zero-order valence-electron chi connectivity index (χ0n) is 11.9. The highest BCUT2D eigenvalue weighted by atomic mass is 32.1. The second-order valence-corrected chi connectivity index (χ2v) is 7.79. The number of nitrogens with one attached hydrogen (secondary N) is 1. The molecule has 112 valence electrons. The summed E-state index contributed by atoms with van der Waals surface area (Å²) in [5, 5.41) is 8.02. The van der Waals surface area contributed by atoms with Gasteiger partial charge in [0.1, 0.15) is 0 Å². The minimum Gasteiger partial charge on any atom is -0.348 e. The summed E-state index contributed by atoms with van der Waals surface area (Å²) in [4.78, 5) is 19.6. The van der Waals surface area contributed by atoms with E-state index in [1.165, 1.54) is 0 Å². The first-order valence-electron chi connectivity index (χ1n) is 6.71. The summed E-state index contributed by atoms with van der Waals surface area (Å²) in [5.74, 6) is -0.0761. The summed E-state index contributed by atoms with van der Waals surface area (Å²) in [6.07, 6.45) is 3.40. The molecule has 6 heteroatoms. The van der Waals surface area contributed by atoms with E-state index in [1.807, 2.05) is 36.6 Å². The highest BCUT2D eigenvalue weighted by Crippen LogP contribution is 2.28. The van der Waals surface area contributed by atoms with E-state index >= 15 is 0 Å². The normalized spacial score (nSPS) is 11.1. The summed E-state index contributed by atoms with van der Waals surface area (Å²) in [7, 11) is 0. The lowest BCUT2D eigenvalue weighted by atomic mass is 10.3. The van der Waals surface area contributed by atoms with Crippen molar-refractivity contribution in [3.8, 4) is 10.6 Å². The van der Waals surface area contributed by atoms with Crippen molar-refractivity contribution in [3.05, 3.63) is 55.9 Å². The third-order valence-electron chi connectivity index (χ3n) is 2.91. The molecule has 3 rings (SSSR count). The maximum Gasteiger partial charge on any atom is 0.244 e. The van der Waals surface area contributed by atoms with E-state index in [2.05, 4.69) is 21.7 Å². The standard InChI is InChI=1S/C16H14N2OS3/c1-11-18-14(10-21-11)15-6-4-13(22-15)9-17-16(19)7-5-12-3-2-8-20-12/h2-8,10H,9H2,1H3,(H,17,19)/b7-5+. The van der Waals surface area contributed by atoms with E-state index in [9.17, 15) is 4.79 Å². The molecule has 0 saturated carbocycles. The highest BCUT2D eigenvalue weighted by molar-refractivity contribution is 7.16. The average molecular weight is 347 g/mol. The van der Waals surface area contributed by atoms with Gasteiger partial charge in [-0.25, -0.2) is 4.98 Å². The maximum atomic E-state index is 11.8. The van der Waals surface area contributed by atoms with Crippen LogP contribution in [0.1, 0.15) is 14.8 Å². The first kappa shape index (κ1) is 15.1. The van der Waals surface area contributed by atoms with E-state index in [0.29, 0.717) is 6.54 Å². The molecule has 0 aromatic carbocycles. The molecule has 0 aliphatic carbocycles. The Morgan fingerprint density at radius 1 is 1.32 bits per heavy atom. The maximum absolute atomic E-state index is 11.8. The van der Waals surface area contributed by atoms with Crippen molar-refractivity contribution in [3.63, 3.8) is 0 Å². The van der Waals surface area contributed by atoms with Gasteiger partial charge in [0.25, 0.3) is 0 Å². The average Bonchev–Trinajstić information content (AvgIpc) is 3.24. The van der Waals surface area contributed by atoms with Gasteiger partial charge in [-0.3, -0.25) is 4.79 Å². The van der Waals surface area contributed by atoms with Crippen LogP contribution in [0.4, 0.5) is 0 Å². The summed E-state index contributed by atoms with van der Waals surface area (Å²) in [5.41, 5.74) is 1.02. The molecule has 3 aromatic heterocycles. The van der Waals surface area contributed by atoms with Crippen molar-refractivity contribution in [2.75, 3.05) is 0 Å². The number of aromatic nitrogens is 1. The molecule has 0 saturated heterocycles. The number of thiophene rings is 2. The third-order valence-corrected chi connectivity index (χ3v) is 5.63. The van der Waals surface area contributed by atoms with E-state index < -0.39 is 0 Å². The van der Waals surface area contributed by atoms with Gasteiger partial charge < -0.3 is 5.32 Å². The van der Waals surface area contributed by atoms with E-state index in [0.717, 1.165) is 25.3 Å². The predicted octanol–water partition coefficient (Wildman–Crippen LogP) is 4.57. The van der Waals surface area contributed by atoms with Gasteiger partial charge >= 0.3 is 0 Å². The molecule has 0 fully saturated rings. The Kier molecular flexibility index (Phi) is 4.82. The van der Waals surface area contributed by atoms with Crippen LogP contribution in [0.3, 0.4) is 0 Å². The van der Waals surface area contributed by atoms with Gasteiger partial charge in [0, 0.05) is 21.2 Å². The van der Waals surface area contributed by atoms with Crippen LogP contribution in [0.15, 0.2) is 41.1 Å². The smallest absolute Gasteiger partial charge is 0.244 e. The lowest BCUT2D eigenvalue weighted by molar-refractivity contribution is -0.116. The highest BCUT2D eigenvalue weighted by Gasteiger charge is 2.06. The Hall–Kier alpha value is -1.76. The van der Waals surface area contributed by atoms with Crippen LogP contribution in [0.5, 0.6) is 0 Å². The molecule has 0 bridgehead atoms. The van der Waals surface area contributed by atoms with Crippen molar-refractivity contribution in [1.29, 1.82) is 0 Å². The SMILES string of the molecule is Cc1nc(-c2ccc(CNC(=O)/C=C/c3cccs3)s2)cs1. The Morgan fingerprint density at radius 3 is 2.95 bits per heavy atom. The number of amides is 1. The minimum atomic E-state index is -0.0761. The summed E-state index contributed by atoms with van der Waals surface area (Å²) >= 11 is 4.93. The van der Waals surface area contributed by atoms with Crippen molar-refractivity contribution in [1.82, 2.24) is 10.3 Å². The molecular weight excluding hydrogens is 332 g/mol. The molecule has 0 spiro atoms. The van der Waals surface area contributed by atoms with Crippen LogP contribution in [0, 0.1) is 6.92 Å². The largest absolute Gasteiger partial charge is 0.348 e. The molecule has 3 aromatic rings. The third kappa shape index (κ3) is 3.91. The van der Waals surface area contributed by atoms with Crippen LogP contribution in [-0.2, 0) is 11.3 Å². The number of nitrogens with zero attached hydrogens (tertiary/aromatic N) is 1. The quantitative estimate of drug-likeness (QED) is 0.688. The Bertz CT molecular complexity index is 784. The number of hydrogen-bond acceptors (Lipinski definition) is 5. The number of carbonyl (C=O) groups excluding carboxylic acids is 1. The summed E-state index contributed by atoms with van der Waals surface area (Å²) in [6.45, 7) is 2.55. The van der Waals surface area contributed by atoms with Crippen molar-refractivity contribution in [2.45, 2.75) is 13.5 Å². The zero-order valence-corrected chi connectivity index (χ0v) is 14.4. The minimum absolute atomic E-state index is 0.0761. The summed E-state index contributed by atoms with van der Waals surface area (Å²) < 4.78 is 0. The molecule has 1 amide bonds. The molecule has 0 radical (unpaired) electrons. The van der Waals surface area contributed by atoms with Crippen LogP contribution in [0.2, 0.25) is 0 Å². The van der Waals surface area contributed by atoms with E-state index in [-0.39, 0.29) is 5.91 Å².